The summed E-state index contributed by atoms with van der Waals surface area (Å²) in [4.78, 5) is 59.5. The Balaban J connectivity index is 2.93. The van der Waals surface area contributed by atoms with E-state index in [-0.39, 0.29) is 29.1 Å². The minimum atomic E-state index is -1.72. The number of hydrogen-bond donors (Lipinski definition) is 0. The number of Topliss-reactive ketones (excluding diaryl/α,β-unsaturated/α-hetero) is 4. The van der Waals surface area contributed by atoms with Gasteiger partial charge in [-0.1, -0.05) is 95.4 Å². The molecule has 2 aliphatic rings. The molecule has 2 unspecified atom stereocenters. The molecule has 2 fully saturated rings. The van der Waals surface area contributed by atoms with Gasteiger partial charge in [-0.25, -0.2) is 0 Å². The summed E-state index contributed by atoms with van der Waals surface area (Å²) >= 11 is 0. The SMILES string of the molecule is CCC(C)C(=O)[C@]12C(=O)C(CCC(C)C)C(=O)[C@](CCC(C)C)(C[C@H](CCC(C)C)[C@@]1(C)CCCC(C)C)C2=O. The van der Waals surface area contributed by atoms with Crippen LogP contribution in [-0.4, -0.2) is 23.1 Å². The first-order valence-electron chi connectivity index (χ1n) is 16.7. The van der Waals surface area contributed by atoms with Gasteiger partial charge < -0.3 is 0 Å². The van der Waals surface area contributed by atoms with Crippen molar-refractivity contribution >= 4 is 23.1 Å². The van der Waals surface area contributed by atoms with Gasteiger partial charge in [0, 0.05) is 5.92 Å². The second-order valence-corrected chi connectivity index (χ2v) is 15.6. The molecule has 2 bridgehead atoms. The Kier molecular flexibility index (Phi) is 12.0. The van der Waals surface area contributed by atoms with Crippen molar-refractivity contribution in [3.63, 3.8) is 0 Å². The van der Waals surface area contributed by atoms with Crippen molar-refractivity contribution < 1.29 is 19.2 Å². The van der Waals surface area contributed by atoms with E-state index in [4.69, 9.17) is 0 Å². The van der Waals surface area contributed by atoms with Crippen LogP contribution in [0, 0.1) is 57.7 Å². The van der Waals surface area contributed by atoms with Crippen molar-refractivity contribution in [3.8, 4) is 0 Å². The lowest BCUT2D eigenvalue weighted by atomic mass is 9.35. The minimum Gasteiger partial charge on any atom is -0.298 e. The second-order valence-electron chi connectivity index (χ2n) is 15.6. The zero-order valence-electron chi connectivity index (χ0n) is 28.0. The fourth-order valence-corrected chi connectivity index (χ4v) is 7.91. The third-order valence-electron chi connectivity index (χ3n) is 10.8. The quantitative estimate of drug-likeness (QED) is 0.177. The molecule has 2 aliphatic carbocycles. The van der Waals surface area contributed by atoms with Gasteiger partial charge in [0.1, 0.15) is 0 Å². The molecule has 0 amide bonds. The molecule has 4 nitrogen and oxygen atoms in total. The van der Waals surface area contributed by atoms with Gasteiger partial charge in [0.25, 0.3) is 0 Å². The van der Waals surface area contributed by atoms with Gasteiger partial charge in [-0.15, -0.1) is 0 Å². The molecular weight excluding hydrogens is 496 g/mol. The number of hydrogen-bond acceptors (Lipinski definition) is 4. The lowest BCUT2D eigenvalue weighted by Crippen LogP contribution is -2.75. The van der Waals surface area contributed by atoms with E-state index in [1.165, 1.54) is 0 Å². The molecule has 230 valence electrons. The van der Waals surface area contributed by atoms with Gasteiger partial charge in [-0.2, -0.15) is 0 Å². The summed E-state index contributed by atoms with van der Waals surface area (Å²) in [5.74, 6) is -0.627. The Morgan fingerprint density at radius 3 is 1.77 bits per heavy atom. The summed E-state index contributed by atoms with van der Waals surface area (Å²) in [6.45, 7) is 23.3. The lowest BCUT2D eigenvalue weighted by Gasteiger charge is -2.62. The predicted molar refractivity (Wildman–Crippen MR) is 165 cm³/mol. The molecule has 0 aliphatic heterocycles. The highest BCUT2D eigenvalue weighted by molar-refractivity contribution is 6.38. The zero-order chi connectivity index (χ0) is 30.6. The van der Waals surface area contributed by atoms with Crippen LogP contribution in [0.2, 0.25) is 0 Å². The van der Waals surface area contributed by atoms with Crippen molar-refractivity contribution in [2.75, 3.05) is 0 Å². The van der Waals surface area contributed by atoms with Gasteiger partial charge in [-0.3, -0.25) is 19.2 Å². The molecule has 0 heterocycles. The largest absolute Gasteiger partial charge is 0.298 e. The van der Waals surface area contributed by atoms with E-state index in [2.05, 4.69) is 62.3 Å². The van der Waals surface area contributed by atoms with Crippen LogP contribution in [0.3, 0.4) is 0 Å². The zero-order valence-corrected chi connectivity index (χ0v) is 28.0. The first-order chi connectivity index (χ1) is 18.5. The smallest absolute Gasteiger partial charge is 0.168 e. The molecule has 0 aromatic rings. The summed E-state index contributed by atoms with van der Waals surface area (Å²) < 4.78 is 0. The monoisotopic (exact) mass is 558 g/mol. The van der Waals surface area contributed by atoms with E-state index in [9.17, 15) is 14.4 Å². The number of ketones is 4. The fourth-order valence-electron chi connectivity index (χ4n) is 7.91. The van der Waals surface area contributed by atoms with Gasteiger partial charge in [0.15, 0.2) is 28.5 Å². The molecule has 0 aromatic carbocycles. The molecule has 0 saturated heterocycles. The maximum Gasteiger partial charge on any atom is 0.168 e. The molecule has 6 atom stereocenters. The van der Waals surface area contributed by atoms with Crippen molar-refractivity contribution in [3.05, 3.63) is 0 Å². The normalized spacial score (nSPS) is 31.6. The molecule has 40 heavy (non-hydrogen) atoms. The molecular formula is C36H62O4. The summed E-state index contributed by atoms with van der Waals surface area (Å²) in [6.07, 6.45) is 7.85. The van der Waals surface area contributed by atoms with E-state index < -0.39 is 28.1 Å². The van der Waals surface area contributed by atoms with Crippen LogP contribution in [0.15, 0.2) is 0 Å². The summed E-state index contributed by atoms with van der Waals surface area (Å²) in [7, 11) is 0. The Hall–Kier alpha value is -1.32. The Labute approximate surface area is 246 Å². The maximum atomic E-state index is 15.2. The Bertz CT molecular complexity index is 914. The highest BCUT2D eigenvalue weighted by atomic mass is 16.2. The number of carbonyl (C=O) groups excluding carboxylic acids is 4. The van der Waals surface area contributed by atoms with Crippen molar-refractivity contribution in [2.45, 2.75) is 147 Å². The Morgan fingerprint density at radius 1 is 0.750 bits per heavy atom. The first kappa shape index (κ1) is 34.9. The molecule has 0 spiro atoms. The Morgan fingerprint density at radius 2 is 1.27 bits per heavy atom. The van der Waals surface area contributed by atoms with Crippen LogP contribution in [0.1, 0.15) is 147 Å². The van der Waals surface area contributed by atoms with E-state index >= 15 is 4.79 Å². The minimum absolute atomic E-state index is 0.0149. The average Bonchev–Trinajstić information content (AvgIpc) is 2.86. The number of rotatable bonds is 16. The topological polar surface area (TPSA) is 68.3 Å². The molecule has 0 N–H and O–H groups in total. The van der Waals surface area contributed by atoms with Gasteiger partial charge >= 0.3 is 0 Å². The predicted octanol–water partition coefficient (Wildman–Crippen LogP) is 9.07. The summed E-state index contributed by atoms with van der Waals surface area (Å²) in [5, 5.41) is 0. The van der Waals surface area contributed by atoms with E-state index in [1.807, 2.05) is 13.8 Å². The average molecular weight is 559 g/mol. The standard InChI is InChI=1S/C36H62O4/c1-12-27(10)30(37)36-32(39)29(18-16-25(6)7)31(38)35(33(36)40,21-19-26(8)9)22-28(17-15-24(4)5)34(36,11)20-13-14-23(2)3/h23-29H,12-22H2,1-11H3/t27?,28-,29?,34+,35-,36+/m0/s1. The molecule has 0 aromatic heterocycles. The van der Waals surface area contributed by atoms with Crippen LogP contribution in [0.4, 0.5) is 0 Å². The molecule has 2 rings (SSSR count). The first-order valence-corrected chi connectivity index (χ1v) is 16.7. The maximum absolute atomic E-state index is 15.2. The number of fused-ring (bicyclic) bond motifs is 2. The number of carbonyl (C=O) groups is 4. The van der Waals surface area contributed by atoms with E-state index in [1.54, 1.807) is 0 Å². The van der Waals surface area contributed by atoms with Crippen LogP contribution in [0.25, 0.3) is 0 Å². The molecule has 2 saturated carbocycles. The lowest BCUT2D eigenvalue weighted by molar-refractivity contribution is -0.192. The van der Waals surface area contributed by atoms with E-state index in [0.29, 0.717) is 55.8 Å². The molecule has 0 radical (unpaired) electrons. The van der Waals surface area contributed by atoms with Crippen molar-refractivity contribution in [1.82, 2.24) is 0 Å². The third kappa shape index (κ3) is 6.36. The van der Waals surface area contributed by atoms with Crippen molar-refractivity contribution in [2.24, 2.45) is 57.7 Å². The molecule has 4 heteroatoms. The van der Waals surface area contributed by atoms with Gasteiger partial charge in [0.2, 0.25) is 0 Å². The second kappa shape index (κ2) is 13.8. The van der Waals surface area contributed by atoms with Crippen LogP contribution >= 0.6 is 0 Å². The highest BCUT2D eigenvalue weighted by Crippen LogP contribution is 2.67. The van der Waals surface area contributed by atoms with Crippen LogP contribution in [-0.2, 0) is 19.2 Å². The van der Waals surface area contributed by atoms with Gasteiger partial charge in [-0.05, 0) is 86.4 Å². The summed E-state index contributed by atoms with van der Waals surface area (Å²) in [6, 6.07) is 0. The van der Waals surface area contributed by atoms with E-state index in [0.717, 1.165) is 38.5 Å². The van der Waals surface area contributed by atoms with Crippen LogP contribution < -0.4 is 0 Å². The van der Waals surface area contributed by atoms with Crippen molar-refractivity contribution in [1.29, 1.82) is 0 Å². The fraction of sp³-hybridized carbons (Fsp3) is 0.889. The summed E-state index contributed by atoms with van der Waals surface area (Å²) in [5.41, 5.74) is -3.71. The highest BCUT2D eigenvalue weighted by Gasteiger charge is 2.78. The van der Waals surface area contributed by atoms with Crippen LogP contribution in [0.5, 0.6) is 0 Å². The third-order valence-corrected chi connectivity index (χ3v) is 10.8. The van der Waals surface area contributed by atoms with Gasteiger partial charge in [0.05, 0.1) is 11.3 Å².